The molecule has 2 heterocycles. The van der Waals surface area contributed by atoms with E-state index in [1.165, 1.54) is 24.1 Å². The van der Waals surface area contributed by atoms with Crippen molar-refractivity contribution in [3.05, 3.63) is 59.7 Å². The van der Waals surface area contributed by atoms with Gasteiger partial charge in [-0.25, -0.2) is 9.07 Å². The highest BCUT2D eigenvalue weighted by Crippen LogP contribution is 2.26. The standard InChI is InChI=1S/C19H22FN5O/c20-16-6-4-15(5-7-16)11-24-12-17(18(13-24)25-9-8-21-23-25)22-19(26)10-14-2-1-3-14/h4-10,17-18H,1-3,11-13H2,(H,22,26)/t17-,18+/m1/s1. The van der Waals surface area contributed by atoms with Gasteiger partial charge in [-0.1, -0.05) is 22.9 Å². The Morgan fingerprint density at radius 2 is 2.08 bits per heavy atom. The lowest BCUT2D eigenvalue weighted by Crippen LogP contribution is -2.41. The average molecular weight is 355 g/mol. The number of amides is 1. The summed E-state index contributed by atoms with van der Waals surface area (Å²) < 4.78 is 14.9. The number of nitrogens with zero attached hydrogens (tertiary/aromatic N) is 4. The van der Waals surface area contributed by atoms with Crippen molar-refractivity contribution >= 4 is 5.91 Å². The zero-order valence-electron chi connectivity index (χ0n) is 14.5. The van der Waals surface area contributed by atoms with E-state index in [0.717, 1.165) is 31.5 Å². The molecule has 136 valence electrons. The van der Waals surface area contributed by atoms with Crippen LogP contribution in [0.25, 0.3) is 0 Å². The van der Waals surface area contributed by atoms with Crippen LogP contribution in [0.3, 0.4) is 0 Å². The molecular formula is C19H22FN5O. The molecule has 1 aliphatic heterocycles. The minimum atomic E-state index is -0.232. The van der Waals surface area contributed by atoms with Crippen LogP contribution in [0.4, 0.5) is 4.39 Å². The Balaban J connectivity index is 1.45. The molecule has 1 saturated carbocycles. The number of hydrogen-bond donors (Lipinski definition) is 1. The lowest BCUT2D eigenvalue weighted by molar-refractivity contribution is -0.117. The van der Waals surface area contributed by atoms with Crippen LogP contribution in [0.1, 0.15) is 30.9 Å². The second-order valence-corrected chi connectivity index (χ2v) is 7.04. The van der Waals surface area contributed by atoms with Gasteiger partial charge in [-0.05, 0) is 37.0 Å². The lowest BCUT2D eigenvalue weighted by Gasteiger charge is -2.20. The molecule has 0 unspecified atom stereocenters. The van der Waals surface area contributed by atoms with Crippen molar-refractivity contribution in [2.75, 3.05) is 13.1 Å². The van der Waals surface area contributed by atoms with Crippen LogP contribution in [-0.2, 0) is 11.3 Å². The van der Waals surface area contributed by atoms with Crippen molar-refractivity contribution < 1.29 is 9.18 Å². The van der Waals surface area contributed by atoms with Crippen LogP contribution in [0.15, 0.2) is 48.3 Å². The minimum Gasteiger partial charge on any atom is -0.346 e. The van der Waals surface area contributed by atoms with E-state index in [9.17, 15) is 9.18 Å². The van der Waals surface area contributed by atoms with Crippen LogP contribution in [-0.4, -0.2) is 44.9 Å². The molecule has 1 amide bonds. The van der Waals surface area contributed by atoms with E-state index in [4.69, 9.17) is 0 Å². The van der Waals surface area contributed by atoms with Gasteiger partial charge in [0.15, 0.2) is 0 Å². The molecule has 1 aromatic heterocycles. The normalized spacial score (nSPS) is 22.9. The smallest absolute Gasteiger partial charge is 0.244 e. The number of rotatable bonds is 5. The third-order valence-electron chi connectivity index (χ3n) is 5.12. The van der Waals surface area contributed by atoms with Crippen LogP contribution < -0.4 is 5.32 Å². The molecule has 26 heavy (non-hydrogen) atoms. The summed E-state index contributed by atoms with van der Waals surface area (Å²) in [6, 6.07) is 6.54. The van der Waals surface area contributed by atoms with Gasteiger partial charge in [0.25, 0.3) is 0 Å². The third kappa shape index (κ3) is 3.83. The van der Waals surface area contributed by atoms with Crippen LogP contribution >= 0.6 is 0 Å². The summed E-state index contributed by atoms with van der Waals surface area (Å²) in [6.45, 7) is 2.18. The molecule has 0 spiro atoms. The predicted octanol–water partition coefficient (Wildman–Crippen LogP) is 2.07. The first-order valence-corrected chi connectivity index (χ1v) is 9.00. The molecule has 2 aromatic rings. The number of benzene rings is 1. The Morgan fingerprint density at radius 1 is 1.27 bits per heavy atom. The Labute approximate surface area is 151 Å². The first kappa shape index (κ1) is 16.9. The Kier molecular flexibility index (Phi) is 4.79. The van der Waals surface area contributed by atoms with Gasteiger partial charge < -0.3 is 5.32 Å². The Morgan fingerprint density at radius 3 is 2.73 bits per heavy atom. The molecule has 4 rings (SSSR count). The maximum atomic E-state index is 13.1. The summed E-state index contributed by atoms with van der Waals surface area (Å²) in [4.78, 5) is 14.6. The molecule has 0 bridgehead atoms. The van der Waals surface area contributed by atoms with E-state index in [2.05, 4.69) is 20.5 Å². The van der Waals surface area contributed by atoms with Gasteiger partial charge in [-0.15, -0.1) is 5.10 Å². The maximum absolute atomic E-state index is 13.1. The van der Waals surface area contributed by atoms with E-state index in [-0.39, 0.29) is 23.8 Å². The summed E-state index contributed by atoms with van der Waals surface area (Å²) in [5.74, 6) is -0.261. The summed E-state index contributed by atoms with van der Waals surface area (Å²) >= 11 is 0. The number of carbonyl (C=O) groups is 1. The molecular weight excluding hydrogens is 333 g/mol. The molecule has 0 radical (unpaired) electrons. The molecule has 2 atom stereocenters. The van der Waals surface area contributed by atoms with Gasteiger partial charge >= 0.3 is 0 Å². The maximum Gasteiger partial charge on any atom is 0.244 e. The molecule has 1 saturated heterocycles. The number of likely N-dealkylation sites (tertiary alicyclic amines) is 1. The predicted molar refractivity (Wildman–Crippen MR) is 94.6 cm³/mol. The van der Waals surface area contributed by atoms with Crippen molar-refractivity contribution in [2.45, 2.75) is 37.9 Å². The monoisotopic (exact) mass is 355 g/mol. The van der Waals surface area contributed by atoms with Crippen molar-refractivity contribution in [1.29, 1.82) is 0 Å². The van der Waals surface area contributed by atoms with E-state index < -0.39 is 0 Å². The number of halogens is 1. The van der Waals surface area contributed by atoms with Crippen molar-refractivity contribution in [1.82, 2.24) is 25.2 Å². The van der Waals surface area contributed by atoms with Crippen LogP contribution in [0.5, 0.6) is 0 Å². The van der Waals surface area contributed by atoms with Gasteiger partial charge in [0.2, 0.25) is 5.91 Å². The minimum absolute atomic E-state index is 0.0292. The van der Waals surface area contributed by atoms with Crippen LogP contribution in [0.2, 0.25) is 0 Å². The quantitative estimate of drug-likeness (QED) is 0.834. The summed E-state index contributed by atoms with van der Waals surface area (Å²) in [7, 11) is 0. The number of carbonyl (C=O) groups excluding carboxylic acids is 1. The van der Waals surface area contributed by atoms with E-state index in [1.807, 2.05) is 10.9 Å². The van der Waals surface area contributed by atoms with Crippen molar-refractivity contribution in [3.8, 4) is 0 Å². The SMILES string of the molecule is O=C(C=C1CCC1)N[C@@H]1CN(Cc2ccc(F)cc2)C[C@@H]1n1ccnn1. The zero-order valence-corrected chi connectivity index (χ0v) is 14.5. The highest BCUT2D eigenvalue weighted by Gasteiger charge is 2.35. The van der Waals surface area contributed by atoms with Gasteiger partial charge in [0.05, 0.1) is 18.3 Å². The molecule has 2 fully saturated rings. The van der Waals surface area contributed by atoms with Crippen molar-refractivity contribution in [3.63, 3.8) is 0 Å². The Hall–Kier alpha value is -2.54. The molecule has 6 nitrogen and oxygen atoms in total. The second-order valence-electron chi connectivity index (χ2n) is 7.04. The second kappa shape index (κ2) is 7.37. The zero-order chi connectivity index (χ0) is 17.9. The fourth-order valence-corrected chi connectivity index (χ4v) is 3.58. The molecule has 2 aliphatic rings. The van der Waals surface area contributed by atoms with Crippen molar-refractivity contribution in [2.24, 2.45) is 0 Å². The molecule has 1 N–H and O–H groups in total. The fraction of sp³-hybridized carbons (Fsp3) is 0.421. The largest absolute Gasteiger partial charge is 0.346 e. The Bertz CT molecular complexity index is 781. The summed E-state index contributed by atoms with van der Waals surface area (Å²) in [6.07, 6.45) is 8.45. The molecule has 7 heteroatoms. The third-order valence-corrected chi connectivity index (χ3v) is 5.12. The number of hydrogen-bond acceptors (Lipinski definition) is 4. The number of nitrogens with one attached hydrogen (secondary N) is 1. The van der Waals surface area contributed by atoms with E-state index in [1.54, 1.807) is 24.4 Å². The van der Waals surface area contributed by atoms with Crippen LogP contribution in [0, 0.1) is 5.82 Å². The topological polar surface area (TPSA) is 63.1 Å². The highest BCUT2D eigenvalue weighted by molar-refractivity contribution is 5.88. The fourth-order valence-electron chi connectivity index (χ4n) is 3.58. The first-order valence-electron chi connectivity index (χ1n) is 9.00. The van der Waals surface area contributed by atoms with Gasteiger partial charge in [0, 0.05) is 31.9 Å². The number of allylic oxidation sites excluding steroid dienone is 1. The molecule has 1 aliphatic carbocycles. The van der Waals surface area contributed by atoms with Gasteiger partial charge in [-0.2, -0.15) is 0 Å². The van der Waals surface area contributed by atoms with E-state index in [0.29, 0.717) is 6.54 Å². The summed E-state index contributed by atoms with van der Waals surface area (Å²) in [5.41, 5.74) is 2.27. The summed E-state index contributed by atoms with van der Waals surface area (Å²) in [5, 5.41) is 11.2. The lowest BCUT2D eigenvalue weighted by atomic mass is 9.92. The number of aromatic nitrogens is 3. The first-order chi connectivity index (χ1) is 12.7. The van der Waals surface area contributed by atoms with Gasteiger partial charge in [0.1, 0.15) is 5.82 Å². The van der Waals surface area contributed by atoms with E-state index >= 15 is 0 Å². The molecule has 1 aromatic carbocycles. The van der Waals surface area contributed by atoms with Gasteiger partial charge in [-0.3, -0.25) is 9.69 Å². The highest BCUT2D eigenvalue weighted by atomic mass is 19.1. The average Bonchev–Trinajstić information content (AvgIpc) is 3.23.